The standard InChI is InChI=1S/C18H30N2O/c1-3-11-19-12-8-16-6-4-5-7-17(16)15-20(2)18-9-13-21-14-10-18/h4-7,18-19H,3,8-15H2,1-2H3. The molecule has 3 nitrogen and oxygen atoms in total. The quantitative estimate of drug-likeness (QED) is 0.745. The van der Waals surface area contributed by atoms with Crippen LogP contribution in [-0.2, 0) is 17.7 Å². The van der Waals surface area contributed by atoms with E-state index in [0.717, 1.165) is 52.1 Å². The third kappa shape index (κ3) is 5.42. The molecular formula is C18H30N2O. The van der Waals surface area contributed by atoms with Crippen LogP contribution >= 0.6 is 0 Å². The number of nitrogens with zero attached hydrogens (tertiary/aromatic N) is 1. The minimum atomic E-state index is 0.671. The van der Waals surface area contributed by atoms with Crippen molar-refractivity contribution in [1.82, 2.24) is 10.2 Å². The predicted molar refractivity (Wildman–Crippen MR) is 88.6 cm³/mol. The largest absolute Gasteiger partial charge is 0.381 e. The molecule has 1 N–H and O–H groups in total. The molecule has 1 aromatic rings. The minimum Gasteiger partial charge on any atom is -0.381 e. The van der Waals surface area contributed by atoms with E-state index in [1.807, 2.05) is 0 Å². The van der Waals surface area contributed by atoms with Crippen LogP contribution in [0.3, 0.4) is 0 Å². The summed E-state index contributed by atoms with van der Waals surface area (Å²) in [7, 11) is 2.25. The molecule has 118 valence electrons. The van der Waals surface area contributed by atoms with E-state index >= 15 is 0 Å². The second-order valence-electron chi connectivity index (χ2n) is 6.03. The number of rotatable bonds is 8. The van der Waals surface area contributed by atoms with Crippen LogP contribution in [0.5, 0.6) is 0 Å². The summed E-state index contributed by atoms with van der Waals surface area (Å²) in [4.78, 5) is 2.50. The van der Waals surface area contributed by atoms with Crippen LogP contribution in [0.1, 0.15) is 37.3 Å². The molecule has 0 atom stereocenters. The zero-order valence-electron chi connectivity index (χ0n) is 13.6. The van der Waals surface area contributed by atoms with Gasteiger partial charge in [-0.1, -0.05) is 31.2 Å². The maximum Gasteiger partial charge on any atom is 0.0480 e. The second-order valence-corrected chi connectivity index (χ2v) is 6.03. The van der Waals surface area contributed by atoms with Crippen LogP contribution in [0.25, 0.3) is 0 Å². The van der Waals surface area contributed by atoms with E-state index in [1.54, 1.807) is 0 Å². The van der Waals surface area contributed by atoms with E-state index in [1.165, 1.54) is 17.5 Å². The first-order valence-electron chi connectivity index (χ1n) is 8.36. The number of ether oxygens (including phenoxy) is 1. The molecule has 0 bridgehead atoms. The molecule has 0 spiro atoms. The van der Waals surface area contributed by atoms with Gasteiger partial charge in [0.15, 0.2) is 0 Å². The van der Waals surface area contributed by atoms with Gasteiger partial charge in [-0.15, -0.1) is 0 Å². The Balaban J connectivity index is 1.89. The van der Waals surface area contributed by atoms with Gasteiger partial charge in [0.2, 0.25) is 0 Å². The van der Waals surface area contributed by atoms with E-state index in [2.05, 4.69) is 48.5 Å². The highest BCUT2D eigenvalue weighted by Crippen LogP contribution is 2.18. The van der Waals surface area contributed by atoms with Crippen molar-refractivity contribution < 1.29 is 4.74 Å². The van der Waals surface area contributed by atoms with Gasteiger partial charge in [-0.05, 0) is 56.9 Å². The molecule has 1 aliphatic rings. The number of nitrogens with one attached hydrogen (secondary N) is 1. The lowest BCUT2D eigenvalue weighted by atomic mass is 10.0. The Labute approximate surface area is 129 Å². The minimum absolute atomic E-state index is 0.671. The van der Waals surface area contributed by atoms with Gasteiger partial charge in [0, 0.05) is 25.8 Å². The maximum absolute atomic E-state index is 5.46. The van der Waals surface area contributed by atoms with Gasteiger partial charge in [0.1, 0.15) is 0 Å². The third-order valence-corrected chi connectivity index (χ3v) is 4.35. The smallest absolute Gasteiger partial charge is 0.0480 e. The monoisotopic (exact) mass is 290 g/mol. The highest BCUT2D eigenvalue weighted by molar-refractivity contribution is 5.27. The first-order chi connectivity index (χ1) is 10.3. The molecule has 2 rings (SSSR count). The molecule has 0 saturated carbocycles. The van der Waals surface area contributed by atoms with Gasteiger partial charge >= 0.3 is 0 Å². The number of hydrogen-bond acceptors (Lipinski definition) is 3. The predicted octanol–water partition coefficient (Wildman–Crippen LogP) is 2.84. The summed E-state index contributed by atoms with van der Waals surface area (Å²) >= 11 is 0. The summed E-state index contributed by atoms with van der Waals surface area (Å²) in [6.45, 7) is 7.28. The molecule has 0 aromatic heterocycles. The second kappa shape index (κ2) is 9.19. The van der Waals surface area contributed by atoms with Gasteiger partial charge < -0.3 is 10.1 Å². The van der Waals surface area contributed by atoms with Gasteiger partial charge in [-0.25, -0.2) is 0 Å². The van der Waals surface area contributed by atoms with Crippen LogP contribution < -0.4 is 5.32 Å². The van der Waals surface area contributed by atoms with Crippen molar-refractivity contribution in [2.45, 2.75) is 45.2 Å². The van der Waals surface area contributed by atoms with Gasteiger partial charge in [-0.2, -0.15) is 0 Å². The Morgan fingerprint density at radius 3 is 2.57 bits per heavy atom. The Morgan fingerprint density at radius 1 is 1.14 bits per heavy atom. The molecule has 1 aromatic carbocycles. The van der Waals surface area contributed by atoms with Crippen molar-refractivity contribution in [1.29, 1.82) is 0 Å². The normalized spacial score (nSPS) is 16.5. The van der Waals surface area contributed by atoms with E-state index in [0.29, 0.717) is 6.04 Å². The zero-order chi connectivity index (χ0) is 14.9. The summed E-state index contributed by atoms with van der Waals surface area (Å²) in [5, 5.41) is 3.50. The fraction of sp³-hybridized carbons (Fsp3) is 0.667. The van der Waals surface area contributed by atoms with Crippen molar-refractivity contribution in [2.24, 2.45) is 0 Å². The third-order valence-electron chi connectivity index (χ3n) is 4.35. The Hall–Kier alpha value is -0.900. The van der Waals surface area contributed by atoms with Gasteiger partial charge in [0.05, 0.1) is 0 Å². The fourth-order valence-corrected chi connectivity index (χ4v) is 3.00. The van der Waals surface area contributed by atoms with Crippen molar-refractivity contribution in [3.63, 3.8) is 0 Å². The highest BCUT2D eigenvalue weighted by Gasteiger charge is 2.18. The lowest BCUT2D eigenvalue weighted by molar-refractivity contribution is 0.0406. The molecule has 0 unspecified atom stereocenters. The maximum atomic E-state index is 5.46. The van der Waals surface area contributed by atoms with Crippen LogP contribution in [0.15, 0.2) is 24.3 Å². The zero-order valence-corrected chi connectivity index (χ0v) is 13.6. The molecule has 1 heterocycles. The topological polar surface area (TPSA) is 24.5 Å². The summed E-state index contributed by atoms with van der Waals surface area (Å²) in [6, 6.07) is 9.56. The van der Waals surface area contributed by atoms with Gasteiger partial charge in [-0.3, -0.25) is 4.90 Å². The lowest BCUT2D eigenvalue weighted by Gasteiger charge is -2.31. The van der Waals surface area contributed by atoms with Crippen molar-refractivity contribution in [3.05, 3.63) is 35.4 Å². The molecule has 21 heavy (non-hydrogen) atoms. The summed E-state index contributed by atoms with van der Waals surface area (Å²) in [5.74, 6) is 0. The fourth-order valence-electron chi connectivity index (χ4n) is 3.00. The summed E-state index contributed by atoms with van der Waals surface area (Å²) in [5.41, 5.74) is 2.96. The Bertz CT molecular complexity index is 402. The number of hydrogen-bond donors (Lipinski definition) is 1. The van der Waals surface area contributed by atoms with Crippen LogP contribution in [-0.4, -0.2) is 44.3 Å². The first kappa shape index (κ1) is 16.5. The van der Waals surface area contributed by atoms with Crippen molar-refractivity contribution in [3.8, 4) is 0 Å². The Kier molecular flexibility index (Phi) is 7.20. The van der Waals surface area contributed by atoms with E-state index in [9.17, 15) is 0 Å². The molecule has 1 saturated heterocycles. The van der Waals surface area contributed by atoms with Crippen LogP contribution in [0.2, 0.25) is 0 Å². The molecule has 0 aliphatic carbocycles. The average molecular weight is 290 g/mol. The van der Waals surface area contributed by atoms with Gasteiger partial charge in [0.25, 0.3) is 0 Å². The highest BCUT2D eigenvalue weighted by atomic mass is 16.5. The van der Waals surface area contributed by atoms with Crippen molar-refractivity contribution >= 4 is 0 Å². The SMILES string of the molecule is CCCNCCc1ccccc1CN(C)C1CCOCC1. The van der Waals surface area contributed by atoms with E-state index in [-0.39, 0.29) is 0 Å². The molecule has 1 aliphatic heterocycles. The average Bonchev–Trinajstić information content (AvgIpc) is 2.54. The van der Waals surface area contributed by atoms with Crippen LogP contribution in [0.4, 0.5) is 0 Å². The molecule has 0 radical (unpaired) electrons. The van der Waals surface area contributed by atoms with Crippen LogP contribution in [0, 0.1) is 0 Å². The lowest BCUT2D eigenvalue weighted by Crippen LogP contribution is -2.36. The Morgan fingerprint density at radius 2 is 1.86 bits per heavy atom. The van der Waals surface area contributed by atoms with E-state index in [4.69, 9.17) is 4.74 Å². The van der Waals surface area contributed by atoms with Crippen molar-refractivity contribution in [2.75, 3.05) is 33.4 Å². The molecule has 1 fully saturated rings. The number of benzene rings is 1. The molecule has 0 amide bonds. The summed E-state index contributed by atoms with van der Waals surface area (Å²) in [6.07, 6.45) is 4.65. The first-order valence-corrected chi connectivity index (χ1v) is 8.36. The van der Waals surface area contributed by atoms with E-state index < -0.39 is 0 Å². The molecular weight excluding hydrogens is 260 g/mol. The molecule has 3 heteroatoms. The summed E-state index contributed by atoms with van der Waals surface area (Å²) < 4.78 is 5.46.